The lowest BCUT2D eigenvalue weighted by Crippen LogP contribution is -2.30. The molecule has 2 aromatic carbocycles. The third-order valence-electron chi connectivity index (χ3n) is 3.22. The molecule has 0 saturated carbocycles. The first kappa shape index (κ1) is 15.5. The van der Waals surface area contributed by atoms with E-state index in [1.54, 1.807) is 19.2 Å². The fourth-order valence-electron chi connectivity index (χ4n) is 2.06. The maximum Gasteiger partial charge on any atom is 0.224 e. The first-order chi connectivity index (χ1) is 10.2. The molecular weight excluding hydrogens is 286 g/mol. The van der Waals surface area contributed by atoms with Gasteiger partial charge in [0.05, 0.1) is 12.5 Å². The van der Waals surface area contributed by atoms with Gasteiger partial charge in [0.25, 0.3) is 0 Å². The van der Waals surface area contributed by atoms with Crippen molar-refractivity contribution in [3.8, 4) is 0 Å². The molecular formula is C17H18ClNO2. The zero-order valence-corrected chi connectivity index (χ0v) is 12.6. The third kappa shape index (κ3) is 4.88. The van der Waals surface area contributed by atoms with Crippen molar-refractivity contribution in [2.45, 2.75) is 12.5 Å². The number of amides is 1. The molecule has 110 valence electrons. The largest absolute Gasteiger partial charge is 0.375 e. The number of benzene rings is 2. The monoisotopic (exact) mass is 303 g/mol. The van der Waals surface area contributed by atoms with Gasteiger partial charge in [-0.1, -0.05) is 54.1 Å². The summed E-state index contributed by atoms with van der Waals surface area (Å²) in [5.74, 6) is -0.0321. The molecule has 0 aliphatic heterocycles. The molecule has 1 amide bonds. The average molecular weight is 304 g/mol. The highest BCUT2D eigenvalue weighted by Crippen LogP contribution is 2.15. The number of halogens is 1. The van der Waals surface area contributed by atoms with Crippen LogP contribution in [-0.2, 0) is 16.0 Å². The summed E-state index contributed by atoms with van der Waals surface area (Å²) in [4.78, 5) is 11.9. The van der Waals surface area contributed by atoms with Crippen LogP contribution in [0.2, 0.25) is 5.02 Å². The van der Waals surface area contributed by atoms with Gasteiger partial charge in [0.15, 0.2) is 0 Å². The summed E-state index contributed by atoms with van der Waals surface area (Å²) in [7, 11) is 1.64. The molecule has 1 unspecified atom stereocenters. The van der Waals surface area contributed by atoms with E-state index in [9.17, 15) is 4.79 Å². The number of hydrogen-bond donors (Lipinski definition) is 1. The van der Waals surface area contributed by atoms with E-state index in [-0.39, 0.29) is 12.0 Å². The van der Waals surface area contributed by atoms with Crippen molar-refractivity contribution < 1.29 is 9.53 Å². The van der Waals surface area contributed by atoms with Gasteiger partial charge in [-0.3, -0.25) is 4.79 Å². The maximum atomic E-state index is 11.9. The van der Waals surface area contributed by atoms with E-state index in [4.69, 9.17) is 16.3 Å². The van der Waals surface area contributed by atoms with Crippen LogP contribution in [0.15, 0.2) is 54.6 Å². The van der Waals surface area contributed by atoms with Crippen LogP contribution < -0.4 is 5.32 Å². The molecule has 0 fully saturated rings. The van der Waals surface area contributed by atoms with Crippen molar-refractivity contribution in [1.29, 1.82) is 0 Å². The SMILES string of the molecule is COC(CNC(=O)Cc1ccc(Cl)cc1)c1ccccc1. The molecule has 0 aliphatic rings. The Morgan fingerprint density at radius 3 is 2.43 bits per heavy atom. The van der Waals surface area contributed by atoms with E-state index >= 15 is 0 Å². The van der Waals surface area contributed by atoms with Crippen molar-refractivity contribution in [3.05, 3.63) is 70.7 Å². The van der Waals surface area contributed by atoms with Crippen LogP contribution >= 0.6 is 11.6 Å². The summed E-state index contributed by atoms with van der Waals surface area (Å²) in [6.45, 7) is 0.451. The highest BCUT2D eigenvalue weighted by molar-refractivity contribution is 6.30. The summed E-state index contributed by atoms with van der Waals surface area (Å²) in [5.41, 5.74) is 1.98. The van der Waals surface area contributed by atoms with Crippen molar-refractivity contribution >= 4 is 17.5 Å². The fraction of sp³-hybridized carbons (Fsp3) is 0.235. The smallest absolute Gasteiger partial charge is 0.224 e. The highest BCUT2D eigenvalue weighted by atomic mass is 35.5. The zero-order valence-electron chi connectivity index (χ0n) is 11.9. The number of hydrogen-bond acceptors (Lipinski definition) is 2. The Balaban J connectivity index is 1.86. The van der Waals surface area contributed by atoms with Crippen LogP contribution in [0.3, 0.4) is 0 Å². The van der Waals surface area contributed by atoms with E-state index in [1.165, 1.54) is 0 Å². The number of ether oxygens (including phenoxy) is 1. The Labute approximate surface area is 129 Å². The molecule has 0 saturated heterocycles. The molecule has 4 heteroatoms. The third-order valence-corrected chi connectivity index (χ3v) is 3.47. The minimum absolute atomic E-state index is 0.0321. The van der Waals surface area contributed by atoms with Gasteiger partial charge in [-0.15, -0.1) is 0 Å². The summed E-state index contributed by atoms with van der Waals surface area (Å²) in [6, 6.07) is 17.1. The lowest BCUT2D eigenvalue weighted by Gasteiger charge is -2.16. The molecule has 1 N–H and O–H groups in total. The van der Waals surface area contributed by atoms with E-state index in [0.717, 1.165) is 11.1 Å². The Morgan fingerprint density at radius 1 is 1.14 bits per heavy atom. The minimum atomic E-state index is -0.139. The van der Waals surface area contributed by atoms with Gasteiger partial charge in [-0.2, -0.15) is 0 Å². The highest BCUT2D eigenvalue weighted by Gasteiger charge is 2.11. The topological polar surface area (TPSA) is 38.3 Å². The lowest BCUT2D eigenvalue weighted by atomic mass is 10.1. The minimum Gasteiger partial charge on any atom is -0.375 e. The second kappa shape index (κ2) is 7.81. The number of carbonyl (C=O) groups is 1. The first-order valence-electron chi connectivity index (χ1n) is 6.78. The quantitative estimate of drug-likeness (QED) is 0.888. The molecule has 0 aliphatic carbocycles. The molecule has 1 atom stereocenters. The standard InChI is InChI=1S/C17H18ClNO2/c1-21-16(14-5-3-2-4-6-14)12-19-17(20)11-13-7-9-15(18)10-8-13/h2-10,16H,11-12H2,1H3,(H,19,20). The van der Waals surface area contributed by atoms with Gasteiger partial charge in [-0.05, 0) is 23.3 Å². The Bertz CT molecular complexity index is 569. The Kier molecular flexibility index (Phi) is 5.78. The van der Waals surface area contributed by atoms with Gasteiger partial charge in [-0.25, -0.2) is 0 Å². The van der Waals surface area contributed by atoms with Crippen LogP contribution in [0.25, 0.3) is 0 Å². The van der Waals surface area contributed by atoms with Gasteiger partial charge in [0, 0.05) is 18.7 Å². The lowest BCUT2D eigenvalue weighted by molar-refractivity contribution is -0.121. The molecule has 2 rings (SSSR count). The summed E-state index contributed by atoms with van der Waals surface area (Å²) < 4.78 is 5.42. The maximum absolute atomic E-state index is 11.9. The fourth-order valence-corrected chi connectivity index (χ4v) is 2.19. The molecule has 0 heterocycles. The molecule has 3 nitrogen and oxygen atoms in total. The summed E-state index contributed by atoms with van der Waals surface area (Å²) in [6.07, 6.45) is 0.197. The molecule has 0 spiro atoms. The molecule has 21 heavy (non-hydrogen) atoms. The van der Waals surface area contributed by atoms with Crippen LogP contribution in [0.4, 0.5) is 0 Å². The average Bonchev–Trinajstić information content (AvgIpc) is 2.51. The van der Waals surface area contributed by atoms with Crippen molar-refractivity contribution in [2.75, 3.05) is 13.7 Å². The Hall–Kier alpha value is -1.84. The molecule has 0 radical (unpaired) electrons. The molecule has 2 aromatic rings. The van der Waals surface area contributed by atoms with Crippen molar-refractivity contribution in [2.24, 2.45) is 0 Å². The van der Waals surface area contributed by atoms with Crippen molar-refractivity contribution in [3.63, 3.8) is 0 Å². The zero-order chi connectivity index (χ0) is 15.1. The summed E-state index contributed by atoms with van der Waals surface area (Å²) >= 11 is 5.82. The van der Waals surface area contributed by atoms with Gasteiger partial charge < -0.3 is 10.1 Å². The second-order valence-electron chi connectivity index (χ2n) is 4.74. The van der Waals surface area contributed by atoms with Crippen LogP contribution in [0.1, 0.15) is 17.2 Å². The predicted octanol–water partition coefficient (Wildman–Crippen LogP) is 3.39. The molecule has 0 aromatic heterocycles. The van der Waals surface area contributed by atoms with E-state index < -0.39 is 0 Å². The van der Waals surface area contributed by atoms with Crippen LogP contribution in [-0.4, -0.2) is 19.6 Å². The van der Waals surface area contributed by atoms with E-state index in [0.29, 0.717) is 18.0 Å². The van der Waals surface area contributed by atoms with E-state index in [2.05, 4.69) is 5.32 Å². The number of methoxy groups -OCH3 is 1. The number of nitrogens with one attached hydrogen (secondary N) is 1. The predicted molar refractivity (Wildman–Crippen MR) is 84.4 cm³/mol. The first-order valence-corrected chi connectivity index (χ1v) is 7.15. The molecule has 0 bridgehead atoms. The van der Waals surface area contributed by atoms with Gasteiger partial charge >= 0.3 is 0 Å². The van der Waals surface area contributed by atoms with Crippen LogP contribution in [0.5, 0.6) is 0 Å². The number of rotatable bonds is 6. The Morgan fingerprint density at radius 2 is 1.81 bits per heavy atom. The van der Waals surface area contributed by atoms with Gasteiger partial charge in [0.2, 0.25) is 5.91 Å². The summed E-state index contributed by atoms with van der Waals surface area (Å²) in [5, 5.41) is 3.57. The van der Waals surface area contributed by atoms with Crippen LogP contribution in [0, 0.1) is 0 Å². The number of carbonyl (C=O) groups excluding carboxylic acids is 1. The van der Waals surface area contributed by atoms with Gasteiger partial charge in [0.1, 0.15) is 0 Å². The normalized spacial score (nSPS) is 11.9. The van der Waals surface area contributed by atoms with Crippen molar-refractivity contribution in [1.82, 2.24) is 5.32 Å². The van der Waals surface area contributed by atoms with E-state index in [1.807, 2.05) is 42.5 Å². The second-order valence-corrected chi connectivity index (χ2v) is 5.18.